The first-order valence-corrected chi connectivity index (χ1v) is 20.8. The Bertz CT molecular complexity index is 1870. The maximum Gasteiger partial charge on any atom is 0.210 e. The third-order valence-electron chi connectivity index (χ3n) is 10.7. The summed E-state index contributed by atoms with van der Waals surface area (Å²) in [5, 5.41) is 11.3. The Morgan fingerprint density at radius 3 is 1.32 bits per heavy atom. The number of methoxy groups -OCH3 is 4. The summed E-state index contributed by atoms with van der Waals surface area (Å²) in [7, 11) is 6.51. The van der Waals surface area contributed by atoms with Gasteiger partial charge in [-0.1, -0.05) is 52.0 Å². The average Bonchev–Trinajstić information content (AvgIpc) is 3.26. The molecule has 0 saturated heterocycles. The molecule has 0 aliphatic rings. The number of rotatable bonds is 27. The second-order valence-corrected chi connectivity index (χ2v) is 14.4. The Morgan fingerprint density at radius 1 is 0.492 bits per heavy atom. The fourth-order valence-corrected chi connectivity index (χ4v) is 7.08. The van der Waals surface area contributed by atoms with E-state index in [1.165, 1.54) is 0 Å². The number of benzene rings is 4. The molecule has 1 N–H and O–H groups in total. The molecule has 0 aliphatic heterocycles. The Kier molecular flexibility index (Phi) is 18.3. The first-order valence-electron chi connectivity index (χ1n) is 20.8. The van der Waals surface area contributed by atoms with Gasteiger partial charge >= 0.3 is 0 Å². The second kappa shape index (κ2) is 23.1. The third kappa shape index (κ3) is 12.8. The molecular weight excluding hydrogens is 753 g/mol. The van der Waals surface area contributed by atoms with E-state index in [-0.39, 0.29) is 13.4 Å². The molecule has 11 heteroatoms. The highest BCUT2D eigenvalue weighted by molar-refractivity contribution is 5.49. The maximum atomic E-state index is 11.3. The first-order chi connectivity index (χ1) is 28.6. The minimum absolute atomic E-state index is 0.0627. The van der Waals surface area contributed by atoms with Gasteiger partial charge in [-0.05, 0) is 110 Å². The molecule has 4 aromatic carbocycles. The molecule has 0 aromatic heterocycles. The van der Waals surface area contributed by atoms with Gasteiger partial charge in [0.15, 0.2) is 52.8 Å². The molecule has 0 saturated carbocycles. The molecule has 4 aromatic rings. The number of ether oxygens (including phenoxy) is 10. The molecule has 0 spiro atoms. The standard InChI is InChI=1S/C48H66O11/c1-11-47(12-2,58-41-23-19-36(29-45(41)52-9)26-35-18-22-40(44(28-35)51-8)56-33-54-15-5)31-38(49)32-55-39-21-17-34(27-43(39)50-7)25-37-20-24-42(46(30-37)53-10)59-48(13-3,14-4)57-16-6/h17-24,27-30,38,49H,11-16,25-26,31-33H2,1-10H3. The van der Waals surface area contributed by atoms with Crippen molar-refractivity contribution >= 4 is 0 Å². The van der Waals surface area contributed by atoms with Crippen LogP contribution in [0.15, 0.2) is 72.8 Å². The number of hydrogen-bond donors (Lipinski definition) is 1. The van der Waals surface area contributed by atoms with Crippen molar-refractivity contribution in [3.63, 3.8) is 0 Å². The van der Waals surface area contributed by atoms with Crippen LogP contribution in [0.5, 0.6) is 46.0 Å². The SMILES string of the molecule is CCOCOc1ccc(Cc2ccc(OC(CC)(CC)CC(O)COc3ccc(Cc4ccc(OC(CC)(CC)OCC)c(OC)c4)cc3OC)c(OC)c2)cc1OC. The van der Waals surface area contributed by atoms with Crippen LogP contribution in [0, 0.1) is 0 Å². The summed E-state index contributed by atoms with van der Waals surface area (Å²) in [6.45, 7) is 13.5. The molecule has 0 fully saturated rings. The van der Waals surface area contributed by atoms with E-state index in [0.717, 1.165) is 22.3 Å². The summed E-state index contributed by atoms with van der Waals surface area (Å²) in [5.74, 6) is 4.22. The monoisotopic (exact) mass is 818 g/mol. The van der Waals surface area contributed by atoms with E-state index >= 15 is 0 Å². The van der Waals surface area contributed by atoms with Crippen LogP contribution in [0.2, 0.25) is 0 Å². The zero-order valence-electron chi connectivity index (χ0n) is 36.8. The fourth-order valence-electron chi connectivity index (χ4n) is 7.08. The van der Waals surface area contributed by atoms with Crippen LogP contribution in [0.4, 0.5) is 0 Å². The Labute approximate surface area is 351 Å². The van der Waals surface area contributed by atoms with Crippen molar-refractivity contribution < 1.29 is 52.5 Å². The van der Waals surface area contributed by atoms with Gasteiger partial charge in [0.1, 0.15) is 12.2 Å². The smallest absolute Gasteiger partial charge is 0.210 e. The van der Waals surface area contributed by atoms with Crippen molar-refractivity contribution in [2.45, 2.75) is 104 Å². The molecule has 0 radical (unpaired) electrons. The van der Waals surface area contributed by atoms with Crippen molar-refractivity contribution in [1.29, 1.82) is 0 Å². The fraction of sp³-hybridized carbons (Fsp3) is 0.500. The maximum absolute atomic E-state index is 11.3. The zero-order valence-corrected chi connectivity index (χ0v) is 36.8. The molecule has 324 valence electrons. The minimum Gasteiger partial charge on any atom is -0.493 e. The van der Waals surface area contributed by atoms with Gasteiger partial charge in [0.05, 0.1) is 34.5 Å². The highest BCUT2D eigenvalue weighted by Gasteiger charge is 2.33. The van der Waals surface area contributed by atoms with E-state index in [4.69, 9.17) is 47.4 Å². The highest BCUT2D eigenvalue weighted by atomic mass is 16.7. The molecular formula is C48H66O11. The van der Waals surface area contributed by atoms with Crippen molar-refractivity contribution in [3.8, 4) is 46.0 Å². The van der Waals surface area contributed by atoms with Crippen LogP contribution in [0.3, 0.4) is 0 Å². The van der Waals surface area contributed by atoms with Crippen molar-refractivity contribution in [1.82, 2.24) is 0 Å². The predicted molar refractivity (Wildman–Crippen MR) is 230 cm³/mol. The van der Waals surface area contributed by atoms with E-state index in [9.17, 15) is 5.11 Å². The highest BCUT2D eigenvalue weighted by Crippen LogP contribution is 2.38. The number of hydrogen-bond acceptors (Lipinski definition) is 11. The van der Waals surface area contributed by atoms with Crippen LogP contribution in [-0.2, 0) is 22.3 Å². The lowest BCUT2D eigenvalue weighted by Crippen LogP contribution is -2.40. The average molecular weight is 819 g/mol. The minimum atomic E-state index is -0.810. The second-order valence-electron chi connectivity index (χ2n) is 14.4. The summed E-state index contributed by atoms with van der Waals surface area (Å²) in [6.07, 6.45) is 3.60. The van der Waals surface area contributed by atoms with E-state index in [1.807, 2.05) is 86.6 Å². The zero-order chi connectivity index (χ0) is 42.8. The summed E-state index contributed by atoms with van der Waals surface area (Å²) in [5.41, 5.74) is 3.52. The Hall–Kier alpha value is -4.84. The van der Waals surface area contributed by atoms with Gasteiger partial charge in [-0.2, -0.15) is 0 Å². The first kappa shape index (κ1) is 46.8. The quantitative estimate of drug-likeness (QED) is 0.0458. The van der Waals surface area contributed by atoms with Gasteiger partial charge < -0.3 is 52.5 Å². The number of aliphatic hydroxyl groups excluding tert-OH is 1. The van der Waals surface area contributed by atoms with Crippen LogP contribution < -0.4 is 37.9 Å². The van der Waals surface area contributed by atoms with Crippen LogP contribution >= 0.6 is 0 Å². The van der Waals surface area contributed by atoms with Crippen molar-refractivity contribution in [2.75, 3.05) is 55.1 Å². The topological polar surface area (TPSA) is 113 Å². The third-order valence-corrected chi connectivity index (χ3v) is 10.7. The molecule has 59 heavy (non-hydrogen) atoms. The van der Waals surface area contributed by atoms with Crippen LogP contribution in [0.25, 0.3) is 0 Å². The van der Waals surface area contributed by atoms with Crippen LogP contribution in [0.1, 0.15) is 95.9 Å². The van der Waals surface area contributed by atoms with Crippen molar-refractivity contribution in [2.24, 2.45) is 0 Å². The molecule has 11 nitrogen and oxygen atoms in total. The Balaban J connectivity index is 1.40. The van der Waals surface area contributed by atoms with Gasteiger partial charge in [0.2, 0.25) is 5.79 Å². The van der Waals surface area contributed by atoms with E-state index in [1.54, 1.807) is 28.4 Å². The number of aliphatic hydroxyl groups is 1. The summed E-state index contributed by atoms with van der Waals surface area (Å²) < 4.78 is 59.1. The molecule has 0 amide bonds. The molecule has 0 heterocycles. The van der Waals surface area contributed by atoms with E-state index in [0.29, 0.717) is 104 Å². The van der Waals surface area contributed by atoms with E-state index in [2.05, 4.69) is 27.7 Å². The lowest BCUT2D eigenvalue weighted by Gasteiger charge is -2.35. The van der Waals surface area contributed by atoms with Gasteiger partial charge in [-0.3, -0.25) is 0 Å². The van der Waals surface area contributed by atoms with Crippen LogP contribution in [-0.4, -0.2) is 77.7 Å². The van der Waals surface area contributed by atoms with Gasteiger partial charge in [-0.15, -0.1) is 0 Å². The molecule has 0 bridgehead atoms. The normalized spacial score (nSPS) is 12.1. The summed E-state index contributed by atoms with van der Waals surface area (Å²) in [4.78, 5) is 0. The van der Waals surface area contributed by atoms with Crippen molar-refractivity contribution in [3.05, 3.63) is 95.1 Å². The predicted octanol–water partition coefficient (Wildman–Crippen LogP) is 9.97. The van der Waals surface area contributed by atoms with E-state index < -0.39 is 17.5 Å². The Morgan fingerprint density at radius 2 is 0.915 bits per heavy atom. The lowest BCUT2D eigenvalue weighted by atomic mass is 9.90. The summed E-state index contributed by atoms with van der Waals surface area (Å²) in [6, 6.07) is 23.6. The van der Waals surface area contributed by atoms with Gasteiger partial charge in [0, 0.05) is 32.5 Å². The molecule has 1 atom stereocenters. The van der Waals surface area contributed by atoms with Gasteiger partial charge in [0.25, 0.3) is 0 Å². The van der Waals surface area contributed by atoms with Gasteiger partial charge in [-0.25, -0.2) is 0 Å². The molecule has 4 rings (SSSR count). The summed E-state index contributed by atoms with van der Waals surface area (Å²) >= 11 is 0. The molecule has 1 unspecified atom stereocenters. The largest absolute Gasteiger partial charge is 0.493 e. The lowest BCUT2D eigenvalue weighted by molar-refractivity contribution is -0.184. The molecule has 0 aliphatic carbocycles.